The molecule has 0 radical (unpaired) electrons. The Morgan fingerprint density at radius 3 is 2.38 bits per heavy atom. The maximum absolute atomic E-state index is 12.9. The second-order valence-electron chi connectivity index (χ2n) is 5.74. The SMILES string of the molecule is Cc1cc(Nc2n[nH]c(N)n2)cc(C)c1Sc1cccc(C(F)(F)F)c1. The van der Waals surface area contributed by atoms with Gasteiger partial charge in [-0.3, -0.25) is 0 Å². The summed E-state index contributed by atoms with van der Waals surface area (Å²) in [7, 11) is 0. The maximum Gasteiger partial charge on any atom is 0.416 e. The fraction of sp³-hybridized carbons (Fsp3) is 0.176. The van der Waals surface area contributed by atoms with E-state index >= 15 is 0 Å². The van der Waals surface area contributed by atoms with Crippen molar-refractivity contribution in [3.63, 3.8) is 0 Å². The summed E-state index contributed by atoms with van der Waals surface area (Å²) < 4.78 is 38.7. The van der Waals surface area contributed by atoms with E-state index in [1.807, 2.05) is 26.0 Å². The molecule has 0 aliphatic rings. The molecule has 0 bridgehead atoms. The molecule has 0 unspecified atom stereocenters. The second-order valence-corrected chi connectivity index (χ2v) is 6.82. The number of rotatable bonds is 4. The lowest BCUT2D eigenvalue weighted by molar-refractivity contribution is -0.137. The first-order valence-corrected chi connectivity index (χ1v) is 8.45. The summed E-state index contributed by atoms with van der Waals surface area (Å²) >= 11 is 1.31. The standard InChI is InChI=1S/C17H16F3N5S/c1-9-6-12(22-16-23-15(21)24-25-16)7-10(2)14(9)26-13-5-3-4-11(8-13)17(18,19)20/h3-8H,1-2H3,(H4,21,22,23,24,25). The van der Waals surface area contributed by atoms with Gasteiger partial charge in [0.1, 0.15) is 0 Å². The summed E-state index contributed by atoms with van der Waals surface area (Å²) in [6.07, 6.45) is -4.35. The molecule has 0 spiro atoms. The van der Waals surface area contributed by atoms with Gasteiger partial charge in [0, 0.05) is 15.5 Å². The predicted octanol–water partition coefficient (Wildman–Crippen LogP) is 4.92. The van der Waals surface area contributed by atoms with Crippen LogP contribution in [0, 0.1) is 13.8 Å². The Labute approximate surface area is 152 Å². The molecular formula is C17H16F3N5S. The first kappa shape index (κ1) is 18.1. The first-order chi connectivity index (χ1) is 12.2. The van der Waals surface area contributed by atoms with Crippen LogP contribution in [-0.4, -0.2) is 15.2 Å². The monoisotopic (exact) mass is 379 g/mol. The minimum atomic E-state index is -4.35. The van der Waals surface area contributed by atoms with Crippen molar-refractivity contribution < 1.29 is 13.2 Å². The van der Waals surface area contributed by atoms with Gasteiger partial charge < -0.3 is 11.1 Å². The van der Waals surface area contributed by atoms with Crippen molar-refractivity contribution in [3.05, 3.63) is 53.1 Å². The van der Waals surface area contributed by atoms with Gasteiger partial charge in [0.05, 0.1) is 5.56 Å². The number of anilines is 3. The molecule has 26 heavy (non-hydrogen) atoms. The molecule has 4 N–H and O–H groups in total. The van der Waals surface area contributed by atoms with Gasteiger partial charge in [0.15, 0.2) is 0 Å². The highest BCUT2D eigenvalue weighted by atomic mass is 32.2. The van der Waals surface area contributed by atoms with Crippen molar-refractivity contribution >= 4 is 29.3 Å². The summed E-state index contributed by atoms with van der Waals surface area (Å²) in [5.74, 6) is 0.553. The number of aromatic nitrogens is 3. The van der Waals surface area contributed by atoms with Crippen molar-refractivity contribution in [2.45, 2.75) is 29.8 Å². The summed E-state index contributed by atoms with van der Waals surface area (Å²) in [6.45, 7) is 3.81. The van der Waals surface area contributed by atoms with Crippen LogP contribution < -0.4 is 11.1 Å². The van der Waals surface area contributed by atoms with E-state index in [9.17, 15) is 13.2 Å². The molecule has 0 aliphatic heterocycles. The zero-order valence-corrected chi connectivity index (χ0v) is 14.8. The minimum Gasteiger partial charge on any atom is -0.368 e. The molecule has 5 nitrogen and oxygen atoms in total. The third kappa shape index (κ3) is 4.10. The molecular weight excluding hydrogens is 363 g/mol. The number of H-pyrrole nitrogens is 1. The lowest BCUT2D eigenvalue weighted by Gasteiger charge is -2.13. The Bertz CT molecular complexity index is 913. The van der Waals surface area contributed by atoms with Crippen LogP contribution in [0.2, 0.25) is 0 Å². The van der Waals surface area contributed by atoms with Gasteiger partial charge in [0.25, 0.3) is 0 Å². The van der Waals surface area contributed by atoms with Crippen LogP contribution in [0.1, 0.15) is 16.7 Å². The van der Waals surface area contributed by atoms with Crippen LogP contribution in [-0.2, 0) is 6.18 Å². The highest BCUT2D eigenvalue weighted by molar-refractivity contribution is 7.99. The van der Waals surface area contributed by atoms with E-state index in [-0.39, 0.29) is 5.95 Å². The van der Waals surface area contributed by atoms with Crippen LogP contribution in [0.15, 0.2) is 46.2 Å². The summed E-state index contributed by atoms with van der Waals surface area (Å²) in [5.41, 5.74) is 7.47. The number of nitrogen functional groups attached to an aromatic ring is 1. The quantitative estimate of drug-likeness (QED) is 0.600. The number of hydrogen-bond acceptors (Lipinski definition) is 5. The van der Waals surface area contributed by atoms with Crippen molar-refractivity contribution in [2.75, 3.05) is 11.1 Å². The average molecular weight is 379 g/mol. The Balaban J connectivity index is 1.85. The van der Waals surface area contributed by atoms with E-state index in [1.165, 1.54) is 17.8 Å². The lowest BCUT2D eigenvalue weighted by atomic mass is 10.1. The van der Waals surface area contributed by atoms with E-state index in [2.05, 4.69) is 20.5 Å². The van der Waals surface area contributed by atoms with E-state index < -0.39 is 11.7 Å². The predicted molar refractivity (Wildman–Crippen MR) is 95.6 cm³/mol. The van der Waals surface area contributed by atoms with Crippen molar-refractivity contribution in [2.24, 2.45) is 0 Å². The third-order valence-corrected chi connectivity index (χ3v) is 4.94. The Morgan fingerprint density at radius 2 is 1.81 bits per heavy atom. The molecule has 2 aromatic carbocycles. The van der Waals surface area contributed by atoms with Gasteiger partial charge in [-0.2, -0.15) is 18.2 Å². The maximum atomic E-state index is 12.9. The molecule has 0 atom stereocenters. The number of nitrogens with zero attached hydrogens (tertiary/aromatic N) is 2. The number of halogens is 3. The molecule has 1 heterocycles. The van der Waals surface area contributed by atoms with Crippen molar-refractivity contribution in [1.82, 2.24) is 15.2 Å². The zero-order chi connectivity index (χ0) is 18.9. The molecule has 0 aliphatic carbocycles. The van der Waals surface area contributed by atoms with Crippen molar-refractivity contribution in [1.29, 1.82) is 0 Å². The normalized spacial score (nSPS) is 11.6. The third-order valence-electron chi connectivity index (χ3n) is 3.60. The number of aromatic amines is 1. The van der Waals surface area contributed by atoms with Gasteiger partial charge in [-0.05, 0) is 55.3 Å². The summed E-state index contributed by atoms with van der Waals surface area (Å²) in [5, 5.41) is 9.48. The Kier molecular flexibility index (Phi) is 4.82. The van der Waals surface area contributed by atoms with E-state index in [0.717, 1.165) is 33.8 Å². The van der Waals surface area contributed by atoms with Gasteiger partial charge in [-0.15, -0.1) is 5.10 Å². The molecule has 3 rings (SSSR count). The molecule has 0 fully saturated rings. The smallest absolute Gasteiger partial charge is 0.368 e. The van der Waals surface area contributed by atoms with Gasteiger partial charge in [0.2, 0.25) is 11.9 Å². The number of hydrogen-bond donors (Lipinski definition) is 3. The second kappa shape index (κ2) is 6.91. The van der Waals surface area contributed by atoms with Crippen LogP contribution in [0.4, 0.5) is 30.8 Å². The summed E-state index contributed by atoms with van der Waals surface area (Å²) in [6, 6.07) is 9.08. The number of nitrogens with one attached hydrogen (secondary N) is 2. The largest absolute Gasteiger partial charge is 0.416 e. The van der Waals surface area contributed by atoms with E-state index in [4.69, 9.17) is 5.73 Å². The minimum absolute atomic E-state index is 0.206. The zero-order valence-electron chi connectivity index (χ0n) is 14.0. The van der Waals surface area contributed by atoms with E-state index in [1.54, 1.807) is 6.07 Å². The molecule has 0 saturated heterocycles. The summed E-state index contributed by atoms with van der Waals surface area (Å²) in [4.78, 5) is 5.42. The number of aryl methyl sites for hydroxylation is 2. The van der Waals surface area contributed by atoms with Gasteiger partial charge in [-0.1, -0.05) is 17.8 Å². The van der Waals surface area contributed by atoms with Gasteiger partial charge in [-0.25, -0.2) is 5.10 Å². The van der Waals surface area contributed by atoms with E-state index in [0.29, 0.717) is 10.8 Å². The fourth-order valence-corrected chi connectivity index (χ4v) is 3.50. The fourth-order valence-electron chi connectivity index (χ4n) is 2.50. The topological polar surface area (TPSA) is 79.6 Å². The Morgan fingerprint density at radius 1 is 1.12 bits per heavy atom. The average Bonchev–Trinajstić information content (AvgIpc) is 2.95. The van der Waals surface area contributed by atoms with Crippen LogP contribution in [0.3, 0.4) is 0 Å². The number of alkyl halides is 3. The van der Waals surface area contributed by atoms with Crippen LogP contribution in [0.25, 0.3) is 0 Å². The number of benzene rings is 2. The Hall–Kier alpha value is -2.68. The van der Waals surface area contributed by atoms with Crippen LogP contribution >= 0.6 is 11.8 Å². The molecule has 136 valence electrons. The van der Waals surface area contributed by atoms with Crippen molar-refractivity contribution in [3.8, 4) is 0 Å². The molecule has 1 aromatic heterocycles. The number of nitrogens with two attached hydrogens (primary N) is 1. The first-order valence-electron chi connectivity index (χ1n) is 7.63. The molecule has 0 amide bonds. The lowest BCUT2D eigenvalue weighted by Crippen LogP contribution is -2.04. The molecule has 3 aromatic rings. The van der Waals surface area contributed by atoms with Gasteiger partial charge >= 0.3 is 6.18 Å². The molecule has 0 saturated carbocycles. The highest BCUT2D eigenvalue weighted by Crippen LogP contribution is 2.38. The highest BCUT2D eigenvalue weighted by Gasteiger charge is 2.30. The van der Waals surface area contributed by atoms with Crippen LogP contribution in [0.5, 0.6) is 0 Å². The molecule has 9 heteroatoms.